The van der Waals surface area contributed by atoms with Gasteiger partial charge < -0.3 is 9.42 Å². The molecule has 0 aliphatic heterocycles. The molecule has 1 unspecified atom stereocenters. The maximum Gasteiger partial charge on any atom is 0.314 e. The fraction of sp³-hybridized carbons (Fsp3) is 0.750. The molecule has 0 radical (unpaired) electrons. The Morgan fingerprint density at radius 2 is 2.20 bits per heavy atom. The molecule has 1 atom stereocenters. The van der Waals surface area contributed by atoms with Gasteiger partial charge in [-0.3, -0.25) is 4.79 Å². The first-order valence-electron chi connectivity index (χ1n) is 2.67. The number of nitrogens with two attached hydrogens (primary N) is 1. The van der Waals surface area contributed by atoms with E-state index in [1.165, 1.54) is 0 Å². The highest BCUT2D eigenvalue weighted by molar-refractivity contribution is 8.08. The zero-order chi connectivity index (χ0) is 8.36. The van der Waals surface area contributed by atoms with Crippen LogP contribution in [0.1, 0.15) is 13.8 Å². The molecule has 60 valence electrons. The Labute approximate surface area is 64.6 Å². The minimum absolute atomic E-state index is 0.307. The van der Waals surface area contributed by atoms with Crippen LogP contribution in [0.2, 0.25) is 0 Å². The Morgan fingerprint density at radius 3 is 2.30 bits per heavy atom. The van der Waals surface area contributed by atoms with Crippen molar-refractivity contribution in [1.82, 2.24) is 0 Å². The molecule has 0 spiro atoms. The smallest absolute Gasteiger partial charge is 0.314 e. The quantitative estimate of drug-likeness (QED) is 0.605. The maximum atomic E-state index is 10.7. The standard InChI is InChI=1S/C4H10NO3PS/c1-3(2)4(6)8-9(5,7)10/h3H,1-2H3,(H3,5,7,10). The van der Waals surface area contributed by atoms with Gasteiger partial charge in [-0.2, -0.15) is 0 Å². The summed E-state index contributed by atoms with van der Waals surface area (Å²) in [6, 6.07) is 0. The zero-order valence-corrected chi connectivity index (χ0v) is 7.48. The van der Waals surface area contributed by atoms with Crippen LogP contribution in [0.5, 0.6) is 0 Å². The highest BCUT2D eigenvalue weighted by Gasteiger charge is 2.15. The molecule has 0 rings (SSSR count). The summed E-state index contributed by atoms with van der Waals surface area (Å²) < 4.78 is 4.32. The molecule has 3 N–H and O–H groups in total. The van der Waals surface area contributed by atoms with Crippen LogP contribution in [0.25, 0.3) is 0 Å². The first-order chi connectivity index (χ1) is 4.33. The minimum atomic E-state index is -3.29. The number of hydrogen-bond donors (Lipinski definition) is 2. The number of carbonyl (C=O) groups is 1. The first-order valence-corrected chi connectivity index (χ1v) is 5.42. The Bertz CT molecular complexity index is 175. The first kappa shape index (κ1) is 10.0. The van der Waals surface area contributed by atoms with E-state index in [0.717, 1.165) is 0 Å². The van der Waals surface area contributed by atoms with Crippen LogP contribution < -0.4 is 5.50 Å². The summed E-state index contributed by atoms with van der Waals surface area (Å²) in [6.07, 6.45) is 0. The van der Waals surface area contributed by atoms with Crippen LogP contribution in [-0.2, 0) is 21.1 Å². The van der Waals surface area contributed by atoms with Crippen LogP contribution >= 0.6 is 6.64 Å². The number of carbonyl (C=O) groups excluding carboxylic acids is 1. The number of rotatable bonds is 2. The normalized spacial score (nSPS) is 16.5. The molecule has 10 heavy (non-hydrogen) atoms. The average Bonchev–Trinajstić information content (AvgIpc) is 1.60. The molecule has 0 bridgehead atoms. The van der Waals surface area contributed by atoms with Crippen molar-refractivity contribution in [2.45, 2.75) is 13.8 Å². The van der Waals surface area contributed by atoms with Gasteiger partial charge in [-0.15, -0.1) is 0 Å². The Hall–Kier alpha value is 0.0400. The molecule has 0 saturated heterocycles. The zero-order valence-electron chi connectivity index (χ0n) is 5.77. The maximum absolute atomic E-state index is 10.7. The highest BCUT2D eigenvalue weighted by Crippen LogP contribution is 2.32. The fourth-order valence-electron chi connectivity index (χ4n) is 0.234. The number of hydrogen-bond acceptors (Lipinski definition) is 3. The average molecular weight is 183 g/mol. The van der Waals surface area contributed by atoms with Gasteiger partial charge in [-0.1, -0.05) is 13.8 Å². The third kappa shape index (κ3) is 4.88. The predicted molar refractivity (Wildman–Crippen MR) is 41.6 cm³/mol. The van der Waals surface area contributed by atoms with Crippen LogP contribution in [0, 0.1) is 5.92 Å². The molecule has 0 aliphatic rings. The van der Waals surface area contributed by atoms with E-state index in [1.54, 1.807) is 13.8 Å². The lowest BCUT2D eigenvalue weighted by Crippen LogP contribution is -2.12. The van der Waals surface area contributed by atoms with Gasteiger partial charge in [0.2, 0.25) is 0 Å². The minimum Gasteiger partial charge on any atom is -0.400 e. The summed E-state index contributed by atoms with van der Waals surface area (Å²) in [5.41, 5.74) is 4.91. The van der Waals surface area contributed by atoms with E-state index in [9.17, 15) is 4.79 Å². The van der Waals surface area contributed by atoms with E-state index in [0.29, 0.717) is 0 Å². The van der Waals surface area contributed by atoms with E-state index in [1.807, 2.05) is 0 Å². The summed E-state index contributed by atoms with van der Waals surface area (Å²) in [6.45, 7) is -0.0274. The van der Waals surface area contributed by atoms with Crippen molar-refractivity contribution in [3.05, 3.63) is 0 Å². The van der Waals surface area contributed by atoms with Gasteiger partial charge in [0.15, 0.2) is 0 Å². The third-order valence-corrected chi connectivity index (χ3v) is 1.36. The van der Waals surface area contributed by atoms with Crippen molar-refractivity contribution in [1.29, 1.82) is 0 Å². The van der Waals surface area contributed by atoms with Crippen LogP contribution in [0.15, 0.2) is 0 Å². The topological polar surface area (TPSA) is 72.5 Å². The molecule has 0 saturated carbocycles. The Balaban J connectivity index is 3.94. The predicted octanol–water partition coefficient (Wildman–Crippen LogP) is 0.361. The van der Waals surface area contributed by atoms with E-state index >= 15 is 0 Å². The summed E-state index contributed by atoms with van der Waals surface area (Å²) in [7, 11) is 0. The lowest BCUT2D eigenvalue weighted by molar-refractivity contribution is -0.137. The van der Waals surface area contributed by atoms with Gasteiger partial charge in [0.05, 0.1) is 5.92 Å². The van der Waals surface area contributed by atoms with Crippen LogP contribution in [0.4, 0.5) is 0 Å². The third-order valence-electron chi connectivity index (χ3n) is 0.692. The Morgan fingerprint density at radius 1 is 1.80 bits per heavy atom. The second-order valence-electron chi connectivity index (χ2n) is 2.13. The summed E-state index contributed by atoms with van der Waals surface area (Å²) in [4.78, 5) is 19.4. The van der Waals surface area contributed by atoms with Gasteiger partial charge in [-0.25, -0.2) is 5.50 Å². The molecule has 0 heterocycles. The summed E-state index contributed by atoms with van der Waals surface area (Å²) in [5, 5.41) is 0. The van der Waals surface area contributed by atoms with Gasteiger partial charge in [0.25, 0.3) is 0 Å². The van der Waals surface area contributed by atoms with E-state index in [2.05, 4.69) is 16.3 Å². The second-order valence-corrected chi connectivity index (χ2v) is 5.01. The van der Waals surface area contributed by atoms with Gasteiger partial charge >= 0.3 is 12.6 Å². The van der Waals surface area contributed by atoms with Gasteiger partial charge in [0.1, 0.15) is 0 Å². The van der Waals surface area contributed by atoms with Gasteiger partial charge in [-0.05, 0) is 11.8 Å². The lowest BCUT2D eigenvalue weighted by atomic mass is 10.2. The van der Waals surface area contributed by atoms with Crippen LogP contribution in [0.3, 0.4) is 0 Å². The Kier molecular flexibility index (Phi) is 3.45. The van der Waals surface area contributed by atoms with Crippen molar-refractivity contribution in [2.24, 2.45) is 11.4 Å². The summed E-state index contributed by atoms with van der Waals surface area (Å²) in [5.74, 6) is -0.869. The van der Waals surface area contributed by atoms with E-state index in [4.69, 9.17) is 10.4 Å². The van der Waals surface area contributed by atoms with Crippen molar-refractivity contribution < 1.29 is 14.2 Å². The van der Waals surface area contributed by atoms with Crippen molar-refractivity contribution >= 4 is 24.4 Å². The molecule has 0 aromatic carbocycles. The molecule has 4 nitrogen and oxygen atoms in total. The monoisotopic (exact) mass is 183 g/mol. The molecule has 0 aromatic rings. The van der Waals surface area contributed by atoms with Crippen molar-refractivity contribution in [3.8, 4) is 0 Å². The highest BCUT2D eigenvalue weighted by atomic mass is 32.5. The molecule has 0 fully saturated rings. The molecule has 0 amide bonds. The van der Waals surface area contributed by atoms with Crippen molar-refractivity contribution in [3.63, 3.8) is 0 Å². The van der Waals surface area contributed by atoms with Crippen LogP contribution in [-0.4, -0.2) is 10.9 Å². The molecule has 0 aliphatic carbocycles. The SMILES string of the molecule is CC(C)C(=O)OP(N)(O)=S. The summed E-state index contributed by atoms with van der Waals surface area (Å²) >= 11 is 4.28. The van der Waals surface area contributed by atoms with E-state index < -0.39 is 12.6 Å². The largest absolute Gasteiger partial charge is 0.400 e. The molecule has 0 aromatic heterocycles. The molecule has 6 heteroatoms. The van der Waals surface area contributed by atoms with E-state index in [-0.39, 0.29) is 5.92 Å². The lowest BCUT2D eigenvalue weighted by Gasteiger charge is -2.10. The van der Waals surface area contributed by atoms with Gasteiger partial charge in [0, 0.05) is 0 Å². The van der Waals surface area contributed by atoms with Crippen molar-refractivity contribution in [2.75, 3.05) is 0 Å². The second kappa shape index (κ2) is 3.44. The molecular weight excluding hydrogens is 173 g/mol. The molecular formula is C4H10NO3PS. The fourth-order valence-corrected chi connectivity index (χ4v) is 0.923.